The molecule has 0 bridgehead atoms. The van der Waals surface area contributed by atoms with Gasteiger partial charge in [-0.25, -0.2) is 0 Å². The molecule has 0 radical (unpaired) electrons. The Bertz CT molecular complexity index is 918. The monoisotopic (exact) mass is 318 g/mol. The summed E-state index contributed by atoms with van der Waals surface area (Å²) in [6.45, 7) is 2.68. The number of benzene rings is 2. The molecule has 1 aromatic heterocycles. The van der Waals surface area contributed by atoms with Gasteiger partial charge in [0.15, 0.2) is 0 Å². The van der Waals surface area contributed by atoms with E-state index in [2.05, 4.69) is 47.4 Å². The Labute approximate surface area is 142 Å². The van der Waals surface area contributed by atoms with Crippen LogP contribution in [0.4, 0.5) is 0 Å². The van der Waals surface area contributed by atoms with Crippen LogP contribution in [0.5, 0.6) is 0 Å². The van der Waals surface area contributed by atoms with E-state index in [0.717, 1.165) is 24.0 Å². The van der Waals surface area contributed by atoms with Crippen molar-refractivity contribution in [2.45, 2.75) is 25.2 Å². The lowest BCUT2D eigenvalue weighted by Gasteiger charge is -2.16. The highest BCUT2D eigenvalue weighted by Crippen LogP contribution is 2.50. The Balaban J connectivity index is 1.58. The molecule has 2 aromatic carbocycles. The molecule has 4 rings (SSSR count). The molecule has 1 N–H and O–H groups in total. The lowest BCUT2D eigenvalue weighted by Crippen LogP contribution is -2.32. The SMILES string of the molecule is Cc1ccccc1C(=O)NCC1(c2cn(C)c3ccccc23)CC1. The van der Waals surface area contributed by atoms with Crippen molar-refractivity contribution < 1.29 is 4.79 Å². The van der Waals surface area contributed by atoms with Gasteiger partial charge < -0.3 is 9.88 Å². The van der Waals surface area contributed by atoms with Crippen LogP contribution < -0.4 is 5.32 Å². The zero-order valence-electron chi connectivity index (χ0n) is 14.2. The third kappa shape index (κ3) is 2.41. The van der Waals surface area contributed by atoms with Crippen molar-refractivity contribution in [3.63, 3.8) is 0 Å². The molecule has 0 saturated heterocycles. The fourth-order valence-corrected chi connectivity index (χ4v) is 3.63. The number of carbonyl (C=O) groups excluding carboxylic acids is 1. The summed E-state index contributed by atoms with van der Waals surface area (Å²) in [5, 5.41) is 4.47. The van der Waals surface area contributed by atoms with Crippen molar-refractivity contribution in [1.29, 1.82) is 0 Å². The van der Waals surface area contributed by atoms with E-state index in [1.165, 1.54) is 16.5 Å². The molecular formula is C21H22N2O. The van der Waals surface area contributed by atoms with Crippen molar-refractivity contribution in [3.8, 4) is 0 Å². The number of hydrogen-bond donors (Lipinski definition) is 1. The number of aryl methyl sites for hydroxylation is 2. The van der Waals surface area contributed by atoms with Crippen LogP contribution in [-0.2, 0) is 12.5 Å². The zero-order chi connectivity index (χ0) is 16.7. The predicted molar refractivity (Wildman–Crippen MR) is 97.3 cm³/mol. The van der Waals surface area contributed by atoms with E-state index in [1.807, 2.05) is 31.2 Å². The van der Waals surface area contributed by atoms with E-state index in [1.54, 1.807) is 0 Å². The Hall–Kier alpha value is -2.55. The fourth-order valence-electron chi connectivity index (χ4n) is 3.63. The van der Waals surface area contributed by atoms with Crippen LogP contribution in [0.15, 0.2) is 54.7 Å². The smallest absolute Gasteiger partial charge is 0.251 e. The first-order chi connectivity index (χ1) is 11.6. The molecule has 24 heavy (non-hydrogen) atoms. The summed E-state index contributed by atoms with van der Waals surface area (Å²) >= 11 is 0. The third-order valence-corrected chi connectivity index (χ3v) is 5.30. The van der Waals surface area contributed by atoms with Gasteiger partial charge in [-0.2, -0.15) is 0 Å². The lowest BCUT2D eigenvalue weighted by atomic mass is 9.95. The topological polar surface area (TPSA) is 34.0 Å². The highest BCUT2D eigenvalue weighted by molar-refractivity contribution is 5.95. The van der Waals surface area contributed by atoms with E-state index in [4.69, 9.17) is 0 Å². The van der Waals surface area contributed by atoms with Crippen molar-refractivity contribution in [2.24, 2.45) is 7.05 Å². The van der Waals surface area contributed by atoms with Crippen LogP contribution in [0.25, 0.3) is 10.9 Å². The molecule has 1 aliphatic carbocycles. The largest absolute Gasteiger partial charge is 0.351 e. The van der Waals surface area contributed by atoms with Gasteiger partial charge in [-0.1, -0.05) is 36.4 Å². The van der Waals surface area contributed by atoms with E-state index >= 15 is 0 Å². The van der Waals surface area contributed by atoms with Gasteiger partial charge in [0.05, 0.1) is 0 Å². The number of carbonyl (C=O) groups is 1. The van der Waals surface area contributed by atoms with Crippen LogP contribution in [-0.4, -0.2) is 17.0 Å². The summed E-state index contributed by atoms with van der Waals surface area (Å²) in [5.74, 6) is 0.0274. The number of rotatable bonds is 4. The fraction of sp³-hybridized carbons (Fsp3) is 0.286. The van der Waals surface area contributed by atoms with Crippen LogP contribution in [0.1, 0.15) is 34.3 Å². The molecule has 1 heterocycles. The molecule has 0 atom stereocenters. The third-order valence-electron chi connectivity index (χ3n) is 5.30. The maximum absolute atomic E-state index is 12.5. The second kappa shape index (κ2) is 5.52. The quantitative estimate of drug-likeness (QED) is 0.776. The highest BCUT2D eigenvalue weighted by atomic mass is 16.1. The summed E-state index contributed by atoms with van der Waals surface area (Å²) in [6, 6.07) is 16.3. The molecule has 3 heteroatoms. The van der Waals surface area contributed by atoms with E-state index in [-0.39, 0.29) is 11.3 Å². The minimum atomic E-state index is 0.0274. The molecule has 3 nitrogen and oxygen atoms in total. The molecule has 1 saturated carbocycles. The van der Waals surface area contributed by atoms with Crippen LogP contribution in [0, 0.1) is 6.92 Å². The Morgan fingerprint density at radius 2 is 1.83 bits per heavy atom. The molecule has 0 spiro atoms. The summed E-state index contributed by atoms with van der Waals surface area (Å²) in [6.07, 6.45) is 4.50. The Kier molecular flexibility index (Phi) is 3.45. The number of nitrogens with one attached hydrogen (secondary N) is 1. The standard InChI is InChI=1S/C21H22N2O/c1-15-7-3-4-8-16(15)20(24)22-14-21(11-12-21)18-13-23(2)19-10-6-5-9-17(18)19/h3-10,13H,11-12,14H2,1-2H3,(H,22,24). The van der Waals surface area contributed by atoms with Gasteiger partial charge in [0.2, 0.25) is 0 Å². The molecule has 0 aliphatic heterocycles. The molecule has 1 fully saturated rings. The summed E-state index contributed by atoms with van der Waals surface area (Å²) in [7, 11) is 2.09. The Morgan fingerprint density at radius 1 is 1.12 bits per heavy atom. The lowest BCUT2D eigenvalue weighted by molar-refractivity contribution is 0.0949. The molecule has 122 valence electrons. The van der Waals surface area contributed by atoms with Gasteiger partial charge in [-0.15, -0.1) is 0 Å². The zero-order valence-corrected chi connectivity index (χ0v) is 14.2. The van der Waals surface area contributed by atoms with E-state index < -0.39 is 0 Å². The van der Waals surface area contributed by atoms with E-state index in [0.29, 0.717) is 6.54 Å². The normalized spacial score (nSPS) is 15.4. The Morgan fingerprint density at radius 3 is 2.58 bits per heavy atom. The van der Waals surface area contributed by atoms with Crippen molar-refractivity contribution in [3.05, 3.63) is 71.4 Å². The highest BCUT2D eigenvalue weighted by Gasteiger charge is 2.46. The van der Waals surface area contributed by atoms with Gasteiger partial charge >= 0.3 is 0 Å². The summed E-state index contributed by atoms with van der Waals surface area (Å²) in [4.78, 5) is 12.5. The minimum Gasteiger partial charge on any atom is -0.351 e. The number of amides is 1. The molecule has 0 unspecified atom stereocenters. The number of aromatic nitrogens is 1. The number of fused-ring (bicyclic) bond motifs is 1. The maximum atomic E-state index is 12.5. The first-order valence-corrected chi connectivity index (χ1v) is 8.49. The van der Waals surface area contributed by atoms with Gasteiger partial charge in [0.1, 0.15) is 0 Å². The van der Waals surface area contributed by atoms with Gasteiger partial charge in [-0.3, -0.25) is 4.79 Å². The maximum Gasteiger partial charge on any atom is 0.251 e. The molecule has 1 aliphatic rings. The van der Waals surface area contributed by atoms with Gasteiger partial charge in [0.25, 0.3) is 5.91 Å². The van der Waals surface area contributed by atoms with Crippen molar-refractivity contribution in [1.82, 2.24) is 9.88 Å². The van der Waals surface area contributed by atoms with E-state index in [9.17, 15) is 4.79 Å². The second-order valence-electron chi connectivity index (χ2n) is 6.95. The average molecular weight is 318 g/mol. The molecular weight excluding hydrogens is 296 g/mol. The second-order valence-corrected chi connectivity index (χ2v) is 6.95. The van der Waals surface area contributed by atoms with Crippen LogP contribution in [0.3, 0.4) is 0 Å². The minimum absolute atomic E-state index is 0.0274. The van der Waals surface area contributed by atoms with Crippen molar-refractivity contribution in [2.75, 3.05) is 6.54 Å². The first-order valence-electron chi connectivity index (χ1n) is 8.49. The summed E-state index contributed by atoms with van der Waals surface area (Å²) in [5.41, 5.74) is 4.50. The number of para-hydroxylation sites is 1. The van der Waals surface area contributed by atoms with Crippen molar-refractivity contribution >= 4 is 16.8 Å². The number of nitrogens with zero attached hydrogens (tertiary/aromatic N) is 1. The van der Waals surface area contributed by atoms with Crippen LogP contribution >= 0.6 is 0 Å². The average Bonchev–Trinajstić information content (AvgIpc) is 3.31. The molecule has 3 aromatic rings. The predicted octanol–water partition coefficient (Wildman–Crippen LogP) is 3.95. The van der Waals surface area contributed by atoms with Crippen LogP contribution in [0.2, 0.25) is 0 Å². The molecule has 1 amide bonds. The first kappa shape index (κ1) is 15.0. The summed E-state index contributed by atoms with van der Waals surface area (Å²) < 4.78 is 2.19. The number of hydrogen-bond acceptors (Lipinski definition) is 1. The van der Waals surface area contributed by atoms with Gasteiger partial charge in [-0.05, 0) is 43.0 Å². The van der Waals surface area contributed by atoms with Gasteiger partial charge in [0, 0.05) is 41.7 Å².